The summed E-state index contributed by atoms with van der Waals surface area (Å²) in [7, 11) is 1.62. The number of carbonyl (C=O) groups excluding carboxylic acids is 1. The zero-order valence-electron chi connectivity index (χ0n) is 11.8. The third kappa shape index (κ3) is 3.10. The third-order valence-electron chi connectivity index (χ3n) is 3.15. The highest BCUT2D eigenvalue weighted by molar-refractivity contribution is 8.15. The fraction of sp³-hybridized carbons (Fsp3) is 0.125. The van der Waals surface area contributed by atoms with Gasteiger partial charge in [-0.15, -0.1) is 0 Å². The number of nitrogens with zero attached hydrogens (tertiary/aromatic N) is 2. The van der Waals surface area contributed by atoms with Crippen LogP contribution in [0.15, 0.2) is 53.5 Å². The van der Waals surface area contributed by atoms with Gasteiger partial charge in [-0.05, 0) is 48.5 Å². The monoisotopic (exact) mass is 332 g/mol. The van der Waals surface area contributed by atoms with E-state index in [9.17, 15) is 4.79 Å². The second kappa shape index (κ2) is 6.42. The molecular formula is C16H13ClN2O2S. The number of thioether (sulfide) groups is 1. The van der Waals surface area contributed by atoms with Crippen LogP contribution in [0.4, 0.5) is 11.4 Å². The van der Waals surface area contributed by atoms with Gasteiger partial charge in [0, 0.05) is 5.02 Å². The topological polar surface area (TPSA) is 41.9 Å². The number of halogens is 1. The SMILES string of the molecule is COc1ccc(N=C2SCC(=O)N2c2ccc(Cl)cc2)cc1. The molecule has 1 heterocycles. The third-order valence-corrected chi connectivity index (χ3v) is 4.32. The first kappa shape index (κ1) is 14.9. The van der Waals surface area contributed by atoms with Gasteiger partial charge in [0.15, 0.2) is 5.17 Å². The van der Waals surface area contributed by atoms with Crippen LogP contribution in [0, 0.1) is 0 Å². The summed E-state index contributed by atoms with van der Waals surface area (Å²) in [6, 6.07) is 14.5. The molecule has 2 aromatic rings. The smallest absolute Gasteiger partial charge is 0.243 e. The molecule has 1 aliphatic heterocycles. The number of ether oxygens (including phenoxy) is 1. The van der Waals surface area contributed by atoms with Crippen molar-refractivity contribution >= 4 is 45.8 Å². The van der Waals surface area contributed by atoms with Crippen molar-refractivity contribution in [2.75, 3.05) is 17.8 Å². The van der Waals surface area contributed by atoms with Crippen molar-refractivity contribution in [3.8, 4) is 5.75 Å². The molecule has 1 aliphatic rings. The Kier molecular flexibility index (Phi) is 4.36. The highest BCUT2D eigenvalue weighted by atomic mass is 35.5. The van der Waals surface area contributed by atoms with Gasteiger partial charge in [-0.2, -0.15) is 0 Å². The summed E-state index contributed by atoms with van der Waals surface area (Å²) in [5.41, 5.74) is 1.55. The zero-order chi connectivity index (χ0) is 15.5. The van der Waals surface area contributed by atoms with E-state index in [2.05, 4.69) is 4.99 Å². The van der Waals surface area contributed by atoms with Crippen LogP contribution in [0.25, 0.3) is 0 Å². The number of anilines is 1. The van der Waals surface area contributed by atoms with Crippen LogP contribution in [-0.2, 0) is 4.79 Å². The number of amidine groups is 1. The average Bonchev–Trinajstić information content (AvgIpc) is 2.90. The minimum Gasteiger partial charge on any atom is -0.497 e. The van der Waals surface area contributed by atoms with Gasteiger partial charge >= 0.3 is 0 Å². The molecular weight excluding hydrogens is 320 g/mol. The molecule has 0 bridgehead atoms. The molecule has 0 radical (unpaired) electrons. The Morgan fingerprint density at radius 3 is 2.45 bits per heavy atom. The van der Waals surface area contributed by atoms with E-state index in [4.69, 9.17) is 16.3 Å². The van der Waals surface area contributed by atoms with Gasteiger partial charge in [-0.25, -0.2) is 4.99 Å². The van der Waals surface area contributed by atoms with Crippen LogP contribution in [0.5, 0.6) is 5.75 Å². The zero-order valence-corrected chi connectivity index (χ0v) is 13.4. The highest BCUT2D eigenvalue weighted by Gasteiger charge is 2.29. The van der Waals surface area contributed by atoms with Gasteiger partial charge in [-0.3, -0.25) is 9.69 Å². The lowest BCUT2D eigenvalue weighted by Crippen LogP contribution is -2.28. The first-order valence-corrected chi connectivity index (χ1v) is 7.98. The first-order valence-electron chi connectivity index (χ1n) is 6.61. The predicted octanol–water partition coefficient (Wildman–Crippen LogP) is 4.12. The molecule has 0 saturated carbocycles. The van der Waals surface area contributed by atoms with Crippen LogP contribution < -0.4 is 9.64 Å². The largest absolute Gasteiger partial charge is 0.497 e. The summed E-state index contributed by atoms with van der Waals surface area (Å²) in [5.74, 6) is 1.17. The lowest BCUT2D eigenvalue weighted by Gasteiger charge is -2.16. The van der Waals surface area contributed by atoms with Crippen LogP contribution >= 0.6 is 23.4 Å². The quantitative estimate of drug-likeness (QED) is 0.849. The Morgan fingerprint density at radius 2 is 1.82 bits per heavy atom. The molecule has 2 aromatic carbocycles. The summed E-state index contributed by atoms with van der Waals surface area (Å²) >= 11 is 7.32. The number of hydrogen-bond acceptors (Lipinski definition) is 4. The number of rotatable bonds is 3. The summed E-state index contributed by atoms with van der Waals surface area (Å²) in [4.78, 5) is 18.3. The van der Waals surface area contributed by atoms with E-state index in [-0.39, 0.29) is 5.91 Å². The van der Waals surface area contributed by atoms with Crippen molar-refractivity contribution in [3.63, 3.8) is 0 Å². The number of amides is 1. The molecule has 22 heavy (non-hydrogen) atoms. The van der Waals surface area contributed by atoms with E-state index >= 15 is 0 Å². The Morgan fingerprint density at radius 1 is 1.14 bits per heavy atom. The van der Waals surface area contributed by atoms with E-state index in [0.717, 1.165) is 17.1 Å². The average molecular weight is 333 g/mol. The molecule has 6 heteroatoms. The molecule has 4 nitrogen and oxygen atoms in total. The maximum atomic E-state index is 12.1. The van der Waals surface area contributed by atoms with Gasteiger partial charge < -0.3 is 4.74 Å². The van der Waals surface area contributed by atoms with Crippen molar-refractivity contribution in [3.05, 3.63) is 53.6 Å². The maximum absolute atomic E-state index is 12.1. The first-order chi connectivity index (χ1) is 10.7. The van der Waals surface area contributed by atoms with Crippen molar-refractivity contribution < 1.29 is 9.53 Å². The second-order valence-electron chi connectivity index (χ2n) is 4.59. The molecule has 1 saturated heterocycles. The van der Waals surface area contributed by atoms with Crippen molar-refractivity contribution in [2.24, 2.45) is 4.99 Å². The number of benzene rings is 2. The summed E-state index contributed by atoms with van der Waals surface area (Å²) in [6.07, 6.45) is 0. The molecule has 112 valence electrons. The van der Waals surface area contributed by atoms with Crippen LogP contribution in [-0.4, -0.2) is 23.9 Å². The van der Waals surface area contributed by atoms with E-state index in [1.54, 1.807) is 24.1 Å². The number of methoxy groups -OCH3 is 1. The van der Waals surface area contributed by atoms with Crippen molar-refractivity contribution in [1.82, 2.24) is 0 Å². The molecule has 0 aromatic heterocycles. The summed E-state index contributed by atoms with van der Waals surface area (Å²) < 4.78 is 5.13. The van der Waals surface area contributed by atoms with Crippen LogP contribution in [0.1, 0.15) is 0 Å². The standard InChI is InChI=1S/C16H13ClN2O2S/c1-21-14-8-4-12(5-9-14)18-16-19(15(20)10-22-16)13-6-2-11(17)3-7-13/h2-9H,10H2,1H3. The molecule has 1 fully saturated rings. The van der Waals surface area contributed by atoms with Gasteiger partial charge in [0.2, 0.25) is 5.91 Å². The molecule has 0 unspecified atom stereocenters. The molecule has 3 rings (SSSR count). The molecule has 0 N–H and O–H groups in total. The van der Waals surface area contributed by atoms with Crippen LogP contribution in [0.3, 0.4) is 0 Å². The summed E-state index contributed by atoms with van der Waals surface area (Å²) in [6.45, 7) is 0. The normalized spacial score (nSPS) is 16.4. The molecule has 0 atom stereocenters. The van der Waals surface area contributed by atoms with Crippen molar-refractivity contribution in [1.29, 1.82) is 0 Å². The molecule has 0 aliphatic carbocycles. The lowest BCUT2D eigenvalue weighted by atomic mass is 10.3. The summed E-state index contributed by atoms with van der Waals surface area (Å²) in [5, 5.41) is 1.30. The van der Waals surface area contributed by atoms with Gasteiger partial charge in [0.05, 0.1) is 24.2 Å². The van der Waals surface area contributed by atoms with Gasteiger partial charge in [-0.1, -0.05) is 23.4 Å². The number of hydrogen-bond donors (Lipinski definition) is 0. The van der Waals surface area contributed by atoms with Crippen LogP contribution in [0.2, 0.25) is 5.02 Å². The fourth-order valence-electron chi connectivity index (χ4n) is 2.06. The van der Waals surface area contributed by atoms with E-state index < -0.39 is 0 Å². The predicted molar refractivity (Wildman–Crippen MR) is 91.5 cm³/mol. The van der Waals surface area contributed by atoms with Gasteiger partial charge in [0.1, 0.15) is 5.75 Å². The minimum absolute atomic E-state index is 0.0135. The maximum Gasteiger partial charge on any atom is 0.243 e. The Balaban J connectivity index is 1.92. The molecule has 0 spiro atoms. The Labute approximate surface area is 137 Å². The number of carbonyl (C=O) groups is 1. The second-order valence-corrected chi connectivity index (χ2v) is 5.97. The number of aliphatic imine (C=N–C) groups is 1. The fourth-order valence-corrected chi connectivity index (χ4v) is 3.07. The lowest BCUT2D eigenvalue weighted by molar-refractivity contribution is -0.115. The highest BCUT2D eigenvalue weighted by Crippen LogP contribution is 2.30. The van der Waals surface area contributed by atoms with Gasteiger partial charge in [0.25, 0.3) is 0 Å². The van der Waals surface area contributed by atoms with E-state index in [0.29, 0.717) is 15.9 Å². The minimum atomic E-state index is 0.0135. The Bertz CT molecular complexity index is 714. The van der Waals surface area contributed by atoms with E-state index in [1.807, 2.05) is 36.4 Å². The Hall–Kier alpha value is -1.98. The van der Waals surface area contributed by atoms with E-state index in [1.165, 1.54) is 11.8 Å². The van der Waals surface area contributed by atoms with Crippen molar-refractivity contribution in [2.45, 2.75) is 0 Å². The molecule has 1 amide bonds.